The monoisotopic (exact) mass is 391 g/mol. The summed E-state index contributed by atoms with van der Waals surface area (Å²) in [6.45, 7) is 4.58. The number of rotatable bonds is 6. The zero-order chi connectivity index (χ0) is 20.1. The Bertz CT molecular complexity index is 917. The Hall–Kier alpha value is -2.87. The van der Waals surface area contributed by atoms with Crippen LogP contribution >= 0.6 is 0 Å². The maximum absolute atomic E-state index is 12.3. The standard InChI is InChI=1S/C19H21NO6S/c1-19(2,3)26-17(21)13-25-18(22)14-8-7-9-15(12-14)20-27(23,24)16-10-5-4-6-11-16/h4-12,20H,13H2,1-3H3. The molecule has 0 radical (unpaired) electrons. The number of esters is 2. The lowest BCUT2D eigenvalue weighted by Crippen LogP contribution is -2.27. The van der Waals surface area contributed by atoms with Crippen LogP contribution in [0.2, 0.25) is 0 Å². The summed E-state index contributed by atoms with van der Waals surface area (Å²) >= 11 is 0. The predicted octanol–water partition coefficient (Wildman–Crippen LogP) is 2.99. The van der Waals surface area contributed by atoms with Gasteiger partial charge in [0.25, 0.3) is 10.0 Å². The van der Waals surface area contributed by atoms with Gasteiger partial charge in [-0.15, -0.1) is 0 Å². The van der Waals surface area contributed by atoms with Crippen molar-refractivity contribution in [2.24, 2.45) is 0 Å². The molecular weight excluding hydrogens is 370 g/mol. The summed E-state index contributed by atoms with van der Waals surface area (Å²) < 4.78 is 37.1. The molecule has 0 bridgehead atoms. The Morgan fingerprint density at radius 3 is 2.30 bits per heavy atom. The third-order valence-corrected chi connectivity index (χ3v) is 4.54. The second kappa shape index (κ2) is 8.22. The molecule has 0 aliphatic rings. The van der Waals surface area contributed by atoms with Crippen molar-refractivity contribution in [1.82, 2.24) is 0 Å². The highest BCUT2D eigenvalue weighted by molar-refractivity contribution is 7.92. The first-order chi connectivity index (χ1) is 12.6. The highest BCUT2D eigenvalue weighted by Crippen LogP contribution is 2.17. The molecule has 0 aromatic heterocycles. The Balaban J connectivity index is 2.04. The summed E-state index contributed by atoms with van der Waals surface area (Å²) in [5.74, 6) is -1.43. The molecule has 2 aromatic carbocycles. The summed E-state index contributed by atoms with van der Waals surface area (Å²) in [7, 11) is -3.78. The van der Waals surface area contributed by atoms with Crippen LogP contribution in [0.3, 0.4) is 0 Å². The number of ether oxygens (including phenoxy) is 2. The SMILES string of the molecule is CC(C)(C)OC(=O)COC(=O)c1cccc(NS(=O)(=O)c2ccccc2)c1. The van der Waals surface area contributed by atoms with Gasteiger partial charge in [-0.3, -0.25) is 4.72 Å². The molecule has 1 N–H and O–H groups in total. The van der Waals surface area contributed by atoms with E-state index in [1.807, 2.05) is 0 Å². The quantitative estimate of drug-likeness (QED) is 0.760. The van der Waals surface area contributed by atoms with E-state index in [1.54, 1.807) is 39.0 Å². The molecule has 0 unspecified atom stereocenters. The smallest absolute Gasteiger partial charge is 0.344 e. The molecule has 7 nitrogen and oxygen atoms in total. The minimum absolute atomic E-state index is 0.0999. The number of benzene rings is 2. The zero-order valence-corrected chi connectivity index (χ0v) is 16.1. The van der Waals surface area contributed by atoms with Crippen LogP contribution in [0.25, 0.3) is 0 Å². The van der Waals surface area contributed by atoms with Crippen LogP contribution in [0.1, 0.15) is 31.1 Å². The fraction of sp³-hybridized carbons (Fsp3) is 0.263. The van der Waals surface area contributed by atoms with Gasteiger partial charge in [0.15, 0.2) is 6.61 Å². The Morgan fingerprint density at radius 1 is 1.00 bits per heavy atom. The topological polar surface area (TPSA) is 98.8 Å². The van der Waals surface area contributed by atoms with Gasteiger partial charge in [0, 0.05) is 5.69 Å². The van der Waals surface area contributed by atoms with Crippen LogP contribution < -0.4 is 4.72 Å². The van der Waals surface area contributed by atoms with Gasteiger partial charge in [0.05, 0.1) is 10.5 Å². The van der Waals surface area contributed by atoms with Crippen molar-refractivity contribution in [2.45, 2.75) is 31.3 Å². The second-order valence-electron chi connectivity index (χ2n) is 6.66. The Morgan fingerprint density at radius 2 is 1.67 bits per heavy atom. The van der Waals surface area contributed by atoms with Gasteiger partial charge in [0.2, 0.25) is 0 Å². The van der Waals surface area contributed by atoms with Crippen molar-refractivity contribution >= 4 is 27.6 Å². The first-order valence-corrected chi connectivity index (χ1v) is 9.62. The van der Waals surface area contributed by atoms with E-state index in [0.717, 1.165) is 0 Å². The molecule has 0 atom stereocenters. The predicted molar refractivity (Wildman–Crippen MR) is 99.8 cm³/mol. The van der Waals surface area contributed by atoms with Crippen molar-refractivity contribution in [3.63, 3.8) is 0 Å². The van der Waals surface area contributed by atoms with Gasteiger partial charge in [0.1, 0.15) is 5.60 Å². The third kappa shape index (κ3) is 6.41. The number of carbonyl (C=O) groups is 2. The van der Waals surface area contributed by atoms with E-state index in [1.165, 1.54) is 36.4 Å². The van der Waals surface area contributed by atoms with Crippen molar-refractivity contribution in [1.29, 1.82) is 0 Å². The van der Waals surface area contributed by atoms with Gasteiger partial charge in [-0.2, -0.15) is 0 Å². The van der Waals surface area contributed by atoms with Crippen molar-refractivity contribution in [3.8, 4) is 0 Å². The molecule has 0 aliphatic heterocycles. The summed E-state index contributed by atoms with van der Waals surface area (Å²) in [4.78, 5) is 23.8. The van der Waals surface area contributed by atoms with Gasteiger partial charge >= 0.3 is 11.9 Å². The first kappa shape index (κ1) is 20.4. The van der Waals surface area contributed by atoms with Crippen molar-refractivity contribution in [3.05, 3.63) is 60.2 Å². The second-order valence-corrected chi connectivity index (χ2v) is 8.34. The van der Waals surface area contributed by atoms with E-state index < -0.39 is 34.2 Å². The summed E-state index contributed by atoms with van der Waals surface area (Å²) in [6.07, 6.45) is 0. The van der Waals surface area contributed by atoms with Crippen LogP contribution in [0.15, 0.2) is 59.5 Å². The maximum Gasteiger partial charge on any atom is 0.344 e. The highest BCUT2D eigenvalue weighted by Gasteiger charge is 2.19. The fourth-order valence-corrected chi connectivity index (χ4v) is 3.17. The normalized spacial score (nSPS) is 11.5. The van der Waals surface area contributed by atoms with Crippen molar-refractivity contribution < 1.29 is 27.5 Å². The van der Waals surface area contributed by atoms with E-state index in [-0.39, 0.29) is 16.1 Å². The molecule has 27 heavy (non-hydrogen) atoms. The van der Waals surface area contributed by atoms with E-state index in [9.17, 15) is 18.0 Å². The van der Waals surface area contributed by atoms with Crippen LogP contribution in [0, 0.1) is 0 Å². The van der Waals surface area contributed by atoms with Gasteiger partial charge < -0.3 is 9.47 Å². The average molecular weight is 391 g/mol. The van der Waals surface area contributed by atoms with Crippen LogP contribution in [0.5, 0.6) is 0 Å². The zero-order valence-electron chi connectivity index (χ0n) is 15.3. The van der Waals surface area contributed by atoms with Gasteiger partial charge in [-0.05, 0) is 51.1 Å². The number of hydrogen-bond donors (Lipinski definition) is 1. The maximum atomic E-state index is 12.3. The minimum Gasteiger partial charge on any atom is -0.457 e. The number of sulfonamides is 1. The molecule has 8 heteroatoms. The molecular formula is C19H21NO6S. The van der Waals surface area contributed by atoms with Crippen LogP contribution in [0.4, 0.5) is 5.69 Å². The Kier molecular flexibility index (Phi) is 6.22. The minimum atomic E-state index is -3.78. The molecule has 0 saturated carbocycles. The Labute approximate surface area is 158 Å². The number of nitrogens with one attached hydrogen (secondary N) is 1. The highest BCUT2D eigenvalue weighted by atomic mass is 32.2. The molecule has 0 aliphatic carbocycles. The summed E-state index contributed by atoms with van der Waals surface area (Å²) in [5.41, 5.74) is -0.378. The largest absolute Gasteiger partial charge is 0.457 e. The van der Waals surface area contributed by atoms with E-state index in [2.05, 4.69) is 4.72 Å². The first-order valence-electron chi connectivity index (χ1n) is 8.14. The molecule has 144 valence electrons. The van der Waals surface area contributed by atoms with Gasteiger partial charge in [-0.1, -0.05) is 24.3 Å². The molecule has 2 rings (SSSR count). The van der Waals surface area contributed by atoms with Crippen LogP contribution in [-0.4, -0.2) is 32.6 Å². The summed E-state index contributed by atoms with van der Waals surface area (Å²) in [6, 6.07) is 13.6. The van der Waals surface area contributed by atoms with Crippen LogP contribution in [-0.2, 0) is 24.3 Å². The number of hydrogen-bond acceptors (Lipinski definition) is 6. The third-order valence-electron chi connectivity index (χ3n) is 3.15. The lowest BCUT2D eigenvalue weighted by Gasteiger charge is -2.19. The lowest BCUT2D eigenvalue weighted by atomic mass is 10.2. The molecule has 0 amide bonds. The van der Waals surface area contributed by atoms with E-state index in [0.29, 0.717) is 0 Å². The van der Waals surface area contributed by atoms with Crippen molar-refractivity contribution in [2.75, 3.05) is 11.3 Å². The number of anilines is 1. The molecule has 0 spiro atoms. The van der Waals surface area contributed by atoms with E-state index >= 15 is 0 Å². The fourth-order valence-electron chi connectivity index (χ4n) is 2.10. The molecule has 0 fully saturated rings. The molecule has 0 saturated heterocycles. The van der Waals surface area contributed by atoms with Gasteiger partial charge in [-0.25, -0.2) is 18.0 Å². The van der Waals surface area contributed by atoms with E-state index in [4.69, 9.17) is 9.47 Å². The average Bonchev–Trinajstić information content (AvgIpc) is 2.59. The number of carbonyl (C=O) groups excluding carboxylic acids is 2. The lowest BCUT2D eigenvalue weighted by molar-refractivity contribution is -0.158. The molecule has 0 heterocycles. The molecule has 2 aromatic rings. The summed E-state index contributed by atoms with van der Waals surface area (Å²) in [5, 5.41) is 0.